The summed E-state index contributed by atoms with van der Waals surface area (Å²) in [7, 11) is 2.26. The normalized spacial score (nSPS) is 39.2. The topological polar surface area (TPSA) is 32.5 Å². The maximum Gasteiger partial charge on any atom is 0.0286 e. The van der Waals surface area contributed by atoms with E-state index < -0.39 is 0 Å². The van der Waals surface area contributed by atoms with Crippen LogP contribution in [0.4, 0.5) is 0 Å². The molecule has 3 nitrogen and oxygen atoms in total. The minimum absolute atomic E-state index is 0.0774. The summed E-state index contributed by atoms with van der Waals surface area (Å²) in [6, 6.07) is 0.699. The van der Waals surface area contributed by atoms with E-state index in [1.54, 1.807) is 0 Å². The van der Waals surface area contributed by atoms with E-state index in [0.29, 0.717) is 6.04 Å². The summed E-state index contributed by atoms with van der Waals surface area (Å²) >= 11 is 0. The third kappa shape index (κ3) is 4.17. The van der Waals surface area contributed by atoms with Crippen molar-refractivity contribution in [3.8, 4) is 0 Å². The molecule has 3 unspecified atom stereocenters. The van der Waals surface area contributed by atoms with Gasteiger partial charge in [-0.15, -0.1) is 0 Å². The van der Waals surface area contributed by atoms with Crippen LogP contribution in [0, 0.1) is 5.92 Å². The minimum atomic E-state index is 0.0774. The molecule has 1 saturated heterocycles. The molecule has 2 aliphatic rings. The van der Waals surface area contributed by atoms with Crippen molar-refractivity contribution in [2.75, 3.05) is 33.2 Å². The van der Waals surface area contributed by atoms with E-state index in [4.69, 9.17) is 5.73 Å². The summed E-state index contributed by atoms with van der Waals surface area (Å²) in [6.45, 7) is 9.49. The van der Waals surface area contributed by atoms with Gasteiger partial charge < -0.3 is 10.6 Å². The van der Waals surface area contributed by atoms with Crippen LogP contribution in [0.2, 0.25) is 0 Å². The Hall–Kier alpha value is -0.120. The molecule has 0 aromatic carbocycles. The maximum absolute atomic E-state index is 6.73. The van der Waals surface area contributed by atoms with E-state index in [9.17, 15) is 0 Å². The zero-order valence-corrected chi connectivity index (χ0v) is 13.2. The van der Waals surface area contributed by atoms with Crippen LogP contribution >= 0.6 is 0 Å². The minimum Gasteiger partial charge on any atom is -0.324 e. The van der Waals surface area contributed by atoms with Crippen LogP contribution in [0.15, 0.2) is 0 Å². The van der Waals surface area contributed by atoms with Crippen LogP contribution in [0.25, 0.3) is 0 Å². The summed E-state index contributed by atoms with van der Waals surface area (Å²) < 4.78 is 0. The van der Waals surface area contributed by atoms with E-state index >= 15 is 0 Å². The van der Waals surface area contributed by atoms with Crippen molar-refractivity contribution in [3.05, 3.63) is 0 Å². The van der Waals surface area contributed by atoms with Crippen LogP contribution in [0.3, 0.4) is 0 Å². The van der Waals surface area contributed by atoms with Crippen molar-refractivity contribution >= 4 is 0 Å². The van der Waals surface area contributed by atoms with Gasteiger partial charge in [0.25, 0.3) is 0 Å². The van der Waals surface area contributed by atoms with Gasteiger partial charge in [-0.1, -0.05) is 26.7 Å². The molecule has 3 heteroatoms. The van der Waals surface area contributed by atoms with E-state index in [2.05, 4.69) is 30.7 Å². The monoisotopic (exact) mass is 267 g/mol. The molecule has 0 aromatic rings. The Balaban J connectivity index is 1.98. The van der Waals surface area contributed by atoms with Crippen molar-refractivity contribution in [2.24, 2.45) is 11.7 Å². The van der Waals surface area contributed by atoms with Gasteiger partial charge in [0, 0.05) is 24.7 Å². The lowest BCUT2D eigenvalue weighted by Crippen LogP contribution is -2.55. The molecule has 0 bridgehead atoms. The van der Waals surface area contributed by atoms with Crippen molar-refractivity contribution in [2.45, 2.75) is 64.0 Å². The highest BCUT2D eigenvalue weighted by molar-refractivity contribution is 4.94. The van der Waals surface area contributed by atoms with E-state index in [0.717, 1.165) is 12.5 Å². The SMILES string of the molecule is CCC1CN(C)CCCN1CC1(N)CCCC(C)C1. The molecule has 2 rings (SSSR count). The summed E-state index contributed by atoms with van der Waals surface area (Å²) in [6.07, 6.45) is 7.67. The average Bonchev–Trinajstić information content (AvgIpc) is 2.50. The smallest absolute Gasteiger partial charge is 0.0286 e. The molecule has 1 saturated carbocycles. The second kappa shape index (κ2) is 6.55. The van der Waals surface area contributed by atoms with Gasteiger partial charge in [-0.05, 0) is 51.7 Å². The van der Waals surface area contributed by atoms with Crippen LogP contribution in [0.5, 0.6) is 0 Å². The Labute approximate surface area is 119 Å². The molecule has 112 valence electrons. The Bertz CT molecular complexity index is 281. The van der Waals surface area contributed by atoms with Gasteiger partial charge >= 0.3 is 0 Å². The molecular formula is C16H33N3. The van der Waals surface area contributed by atoms with Crippen molar-refractivity contribution in [1.29, 1.82) is 0 Å². The average molecular weight is 267 g/mol. The fraction of sp³-hybridized carbons (Fsp3) is 1.00. The zero-order valence-electron chi connectivity index (χ0n) is 13.2. The number of rotatable bonds is 3. The fourth-order valence-electron chi connectivity index (χ4n) is 4.14. The Morgan fingerprint density at radius 1 is 1.26 bits per heavy atom. The Morgan fingerprint density at radius 3 is 2.74 bits per heavy atom. The van der Waals surface area contributed by atoms with Gasteiger partial charge in [-0.3, -0.25) is 4.90 Å². The predicted octanol–water partition coefficient (Wildman–Crippen LogP) is 2.31. The van der Waals surface area contributed by atoms with Crippen LogP contribution in [-0.4, -0.2) is 54.6 Å². The molecule has 0 spiro atoms. The van der Waals surface area contributed by atoms with Gasteiger partial charge in [-0.2, -0.15) is 0 Å². The molecule has 0 radical (unpaired) electrons. The van der Waals surface area contributed by atoms with Crippen LogP contribution < -0.4 is 5.73 Å². The molecule has 2 N–H and O–H groups in total. The second-order valence-electron chi connectivity index (χ2n) is 7.21. The maximum atomic E-state index is 6.73. The molecule has 1 aliphatic carbocycles. The molecule has 0 aromatic heterocycles. The highest BCUT2D eigenvalue weighted by atomic mass is 15.2. The first-order chi connectivity index (χ1) is 9.02. The highest BCUT2D eigenvalue weighted by Gasteiger charge is 2.35. The molecule has 0 amide bonds. The zero-order chi connectivity index (χ0) is 13.9. The molecule has 19 heavy (non-hydrogen) atoms. The highest BCUT2D eigenvalue weighted by Crippen LogP contribution is 2.32. The van der Waals surface area contributed by atoms with E-state index in [-0.39, 0.29) is 5.54 Å². The molecule has 1 heterocycles. The number of hydrogen-bond donors (Lipinski definition) is 1. The van der Waals surface area contributed by atoms with Gasteiger partial charge in [-0.25, -0.2) is 0 Å². The van der Waals surface area contributed by atoms with Gasteiger partial charge in [0.2, 0.25) is 0 Å². The van der Waals surface area contributed by atoms with E-state index in [1.165, 1.54) is 58.2 Å². The largest absolute Gasteiger partial charge is 0.324 e. The van der Waals surface area contributed by atoms with Crippen molar-refractivity contribution < 1.29 is 0 Å². The standard InChI is InChI=1S/C16H33N3/c1-4-15-12-18(3)9-6-10-19(15)13-16(17)8-5-7-14(2)11-16/h14-15H,4-13,17H2,1-3H3. The van der Waals surface area contributed by atoms with Gasteiger partial charge in [0.05, 0.1) is 0 Å². The van der Waals surface area contributed by atoms with Gasteiger partial charge in [0.1, 0.15) is 0 Å². The van der Waals surface area contributed by atoms with Crippen molar-refractivity contribution in [3.63, 3.8) is 0 Å². The quantitative estimate of drug-likeness (QED) is 0.852. The molecular weight excluding hydrogens is 234 g/mol. The summed E-state index contributed by atoms with van der Waals surface area (Å²) in [4.78, 5) is 5.18. The summed E-state index contributed by atoms with van der Waals surface area (Å²) in [5.74, 6) is 0.813. The summed E-state index contributed by atoms with van der Waals surface area (Å²) in [5.41, 5.74) is 6.81. The van der Waals surface area contributed by atoms with E-state index in [1.807, 2.05) is 0 Å². The lowest BCUT2D eigenvalue weighted by atomic mass is 9.76. The first-order valence-corrected chi connectivity index (χ1v) is 8.24. The summed E-state index contributed by atoms with van der Waals surface area (Å²) in [5, 5.41) is 0. The number of nitrogens with zero attached hydrogens (tertiary/aromatic N) is 2. The lowest BCUT2D eigenvalue weighted by Gasteiger charge is -2.42. The third-order valence-corrected chi connectivity index (χ3v) is 5.14. The molecule has 3 atom stereocenters. The number of hydrogen-bond acceptors (Lipinski definition) is 3. The third-order valence-electron chi connectivity index (χ3n) is 5.14. The van der Waals surface area contributed by atoms with Crippen LogP contribution in [-0.2, 0) is 0 Å². The Morgan fingerprint density at radius 2 is 2.05 bits per heavy atom. The Kier molecular flexibility index (Phi) is 5.27. The molecule has 2 fully saturated rings. The fourth-order valence-corrected chi connectivity index (χ4v) is 4.14. The lowest BCUT2D eigenvalue weighted by molar-refractivity contribution is 0.112. The first kappa shape index (κ1) is 15.3. The van der Waals surface area contributed by atoms with Crippen LogP contribution in [0.1, 0.15) is 52.4 Å². The first-order valence-electron chi connectivity index (χ1n) is 8.24. The number of nitrogens with two attached hydrogens (primary N) is 1. The van der Waals surface area contributed by atoms with Gasteiger partial charge in [0.15, 0.2) is 0 Å². The van der Waals surface area contributed by atoms with Crippen molar-refractivity contribution in [1.82, 2.24) is 9.80 Å². The molecule has 1 aliphatic heterocycles. The number of likely N-dealkylation sites (N-methyl/N-ethyl adjacent to an activating group) is 1. The second-order valence-corrected chi connectivity index (χ2v) is 7.21. The predicted molar refractivity (Wildman–Crippen MR) is 82.3 cm³/mol.